The highest BCUT2D eigenvalue weighted by Crippen LogP contribution is 2.30. The van der Waals surface area contributed by atoms with Crippen LogP contribution in [0.25, 0.3) is 0 Å². The first-order valence-corrected chi connectivity index (χ1v) is 7.24. The predicted molar refractivity (Wildman–Crippen MR) is 83.8 cm³/mol. The summed E-state index contributed by atoms with van der Waals surface area (Å²) in [7, 11) is 1.15. The summed E-state index contributed by atoms with van der Waals surface area (Å²) in [4.78, 5) is 15.0. The van der Waals surface area contributed by atoms with Crippen LogP contribution >= 0.6 is 0 Å². The number of Topliss-reactive ketones (excluding diaryl/α,β-unsaturated/α-hetero) is 1. The molecule has 0 unspecified atom stereocenters. The van der Waals surface area contributed by atoms with Crippen LogP contribution in [0, 0.1) is 0 Å². The lowest BCUT2D eigenvalue weighted by atomic mass is 10.0. The summed E-state index contributed by atoms with van der Waals surface area (Å²) < 4.78 is 85.5. The average Bonchev–Trinajstić information content (AvgIpc) is 2.54. The van der Waals surface area contributed by atoms with Crippen LogP contribution in [0.1, 0.15) is 12.6 Å². The largest absolute Gasteiger partial charge is 0.456 e. The maximum Gasteiger partial charge on any atom is 0.433 e. The lowest BCUT2D eigenvalue weighted by Gasteiger charge is -2.11. The molecule has 0 N–H and O–H groups in total. The number of hydrogen-bond donors (Lipinski definition) is 0. The van der Waals surface area contributed by atoms with Crippen LogP contribution < -0.4 is 4.74 Å². The fourth-order valence-corrected chi connectivity index (χ4v) is 1.76. The lowest BCUT2D eigenvalue weighted by molar-refractivity contribution is -0.141. The Balaban J connectivity index is 2.97. The quantitative estimate of drug-likeness (QED) is 0.292. The van der Waals surface area contributed by atoms with Gasteiger partial charge in [0.15, 0.2) is 5.78 Å². The van der Waals surface area contributed by atoms with Gasteiger partial charge in [-0.2, -0.15) is 26.3 Å². The zero-order valence-corrected chi connectivity index (χ0v) is 14.2. The number of hydrogen-bond acceptors (Lipinski definition) is 4. The van der Waals surface area contributed by atoms with Gasteiger partial charge in [-0.3, -0.25) is 4.79 Å². The zero-order valence-electron chi connectivity index (χ0n) is 14.2. The Morgan fingerprint density at radius 3 is 2.26 bits per heavy atom. The molecule has 148 valence electrons. The first kappa shape index (κ1) is 22.4. The first-order valence-electron chi connectivity index (χ1n) is 7.24. The molecule has 0 spiro atoms. The molecule has 0 fully saturated rings. The van der Waals surface area contributed by atoms with Crippen LogP contribution in [0.15, 0.2) is 54.0 Å². The van der Waals surface area contributed by atoms with E-state index in [4.69, 9.17) is 4.74 Å². The van der Waals surface area contributed by atoms with Gasteiger partial charge in [-0.05, 0) is 31.2 Å². The molecule has 0 saturated heterocycles. The molecule has 10 heteroatoms. The Kier molecular flexibility index (Phi) is 7.35. The van der Waals surface area contributed by atoms with E-state index >= 15 is 0 Å². The van der Waals surface area contributed by atoms with Crippen LogP contribution in [0.3, 0.4) is 0 Å². The monoisotopic (exact) mass is 395 g/mol. The highest BCUT2D eigenvalue weighted by molar-refractivity contribution is 5.99. The predicted octanol–water partition coefficient (Wildman–Crippen LogP) is 4.64. The number of alkyl halides is 6. The number of ether oxygens (including phenoxy) is 2. The van der Waals surface area contributed by atoms with Crippen LogP contribution in [0.2, 0.25) is 0 Å². The van der Waals surface area contributed by atoms with Gasteiger partial charge in [0, 0.05) is 18.3 Å². The van der Waals surface area contributed by atoms with Crippen LogP contribution in [0.5, 0.6) is 5.75 Å². The second-order valence-corrected chi connectivity index (χ2v) is 5.17. The van der Waals surface area contributed by atoms with Gasteiger partial charge >= 0.3 is 12.4 Å². The summed E-state index contributed by atoms with van der Waals surface area (Å²) in [5, 5.41) is 0. The van der Waals surface area contributed by atoms with Crippen molar-refractivity contribution in [1.82, 2.24) is 4.98 Å². The van der Waals surface area contributed by atoms with Crippen molar-refractivity contribution in [3.8, 4) is 5.75 Å². The summed E-state index contributed by atoms with van der Waals surface area (Å²) in [6, 6.07) is 1.65. The minimum absolute atomic E-state index is 0.112. The molecule has 1 aromatic heterocycles. The zero-order chi connectivity index (χ0) is 20.8. The standard InChI is InChI=1S/C17H15F6NO3/c1-10(27-12-5-7-15(24-8-12)17(21,22)23)4-6-13(14(25)9-26-3)11(2)16(18,19)20/h4-8H,1,9H2,2-3H3/b6-4-,13-11-. The molecule has 0 aliphatic rings. The van der Waals surface area contributed by atoms with Crippen molar-refractivity contribution < 1.29 is 40.6 Å². The van der Waals surface area contributed by atoms with Gasteiger partial charge in [0.1, 0.15) is 23.8 Å². The number of rotatable bonds is 7. The molecule has 4 nitrogen and oxygen atoms in total. The maximum absolute atomic E-state index is 12.9. The van der Waals surface area contributed by atoms with Gasteiger partial charge in [-0.1, -0.05) is 6.58 Å². The van der Waals surface area contributed by atoms with E-state index < -0.39 is 41.6 Å². The van der Waals surface area contributed by atoms with E-state index in [9.17, 15) is 31.1 Å². The van der Waals surface area contributed by atoms with E-state index in [1.165, 1.54) is 0 Å². The van der Waals surface area contributed by atoms with Crippen molar-refractivity contribution in [1.29, 1.82) is 0 Å². The first-order chi connectivity index (χ1) is 12.4. The summed E-state index contributed by atoms with van der Waals surface area (Å²) >= 11 is 0. The van der Waals surface area contributed by atoms with Crippen molar-refractivity contribution in [3.05, 3.63) is 59.7 Å². The van der Waals surface area contributed by atoms with Gasteiger partial charge in [0.2, 0.25) is 0 Å². The van der Waals surface area contributed by atoms with Crippen molar-refractivity contribution in [3.63, 3.8) is 0 Å². The molecule has 1 aromatic rings. The summed E-state index contributed by atoms with van der Waals surface area (Å²) in [5.41, 5.74) is -2.92. The van der Waals surface area contributed by atoms with Gasteiger partial charge < -0.3 is 9.47 Å². The topological polar surface area (TPSA) is 48.4 Å². The minimum atomic E-state index is -4.73. The van der Waals surface area contributed by atoms with E-state index in [1.807, 2.05) is 0 Å². The number of halogens is 6. The van der Waals surface area contributed by atoms with Crippen LogP contribution in [-0.4, -0.2) is 30.7 Å². The highest BCUT2D eigenvalue weighted by Gasteiger charge is 2.34. The van der Waals surface area contributed by atoms with Gasteiger partial charge in [0.25, 0.3) is 0 Å². The third kappa shape index (κ3) is 6.89. The number of aromatic nitrogens is 1. The van der Waals surface area contributed by atoms with Crippen molar-refractivity contribution >= 4 is 5.78 Å². The molecule has 0 bridgehead atoms. The van der Waals surface area contributed by atoms with E-state index in [2.05, 4.69) is 16.3 Å². The second kappa shape index (κ2) is 8.85. The van der Waals surface area contributed by atoms with Crippen LogP contribution in [0.4, 0.5) is 26.3 Å². The normalized spacial score (nSPS) is 13.5. The Morgan fingerprint density at radius 2 is 1.81 bits per heavy atom. The SMILES string of the molecule is C=C(/C=C\C(C(=O)COC)=C(/C)C(F)(F)F)Oc1ccc(C(F)(F)F)nc1. The van der Waals surface area contributed by atoms with Crippen molar-refractivity contribution in [2.75, 3.05) is 13.7 Å². The Hall–Kier alpha value is -2.62. The van der Waals surface area contributed by atoms with E-state index in [0.717, 1.165) is 38.4 Å². The number of ketones is 1. The molecule has 1 heterocycles. The van der Waals surface area contributed by atoms with Gasteiger partial charge in [0.05, 0.1) is 6.20 Å². The van der Waals surface area contributed by atoms with E-state index in [1.54, 1.807) is 0 Å². The molecule has 0 aromatic carbocycles. The second-order valence-electron chi connectivity index (χ2n) is 5.17. The third-order valence-corrected chi connectivity index (χ3v) is 3.12. The third-order valence-electron chi connectivity index (χ3n) is 3.12. The number of nitrogens with zero attached hydrogens (tertiary/aromatic N) is 1. The van der Waals surface area contributed by atoms with Gasteiger partial charge in [-0.25, -0.2) is 4.98 Å². The molecular formula is C17H15F6NO3. The number of methoxy groups -OCH3 is 1. The Labute approximate surface area is 150 Å². The summed E-state index contributed by atoms with van der Waals surface area (Å²) in [5.74, 6) is -1.24. The lowest BCUT2D eigenvalue weighted by Crippen LogP contribution is -2.18. The van der Waals surface area contributed by atoms with E-state index in [-0.39, 0.29) is 11.5 Å². The molecule has 0 radical (unpaired) electrons. The molecule has 0 aliphatic carbocycles. The summed E-state index contributed by atoms with van der Waals surface area (Å²) in [6.45, 7) is 3.58. The molecule has 0 saturated carbocycles. The molecule has 1 rings (SSSR count). The number of pyridine rings is 1. The average molecular weight is 395 g/mol. The number of allylic oxidation sites excluding steroid dienone is 3. The highest BCUT2D eigenvalue weighted by atomic mass is 19.4. The Bertz CT molecular complexity index is 745. The summed E-state index contributed by atoms with van der Waals surface area (Å²) in [6.07, 6.45) is -6.73. The molecule has 0 atom stereocenters. The minimum Gasteiger partial charge on any atom is -0.456 e. The van der Waals surface area contributed by atoms with Crippen LogP contribution in [-0.2, 0) is 15.7 Å². The maximum atomic E-state index is 12.9. The Morgan fingerprint density at radius 1 is 1.19 bits per heavy atom. The van der Waals surface area contributed by atoms with Crippen molar-refractivity contribution in [2.24, 2.45) is 0 Å². The molecule has 0 aliphatic heterocycles. The molecule has 0 amide bonds. The van der Waals surface area contributed by atoms with E-state index in [0.29, 0.717) is 6.07 Å². The molecule has 27 heavy (non-hydrogen) atoms. The van der Waals surface area contributed by atoms with Crippen molar-refractivity contribution in [2.45, 2.75) is 19.3 Å². The number of carbonyl (C=O) groups excluding carboxylic acids is 1. The van der Waals surface area contributed by atoms with Gasteiger partial charge in [-0.15, -0.1) is 0 Å². The fourth-order valence-electron chi connectivity index (χ4n) is 1.76. The number of carbonyl (C=O) groups is 1. The fraction of sp³-hybridized carbons (Fsp3) is 0.294. The molecular weight excluding hydrogens is 380 g/mol. The smallest absolute Gasteiger partial charge is 0.433 e.